The highest BCUT2D eigenvalue weighted by Gasteiger charge is 2.24. The number of nitrogens with one attached hydrogen (secondary N) is 1. The number of halogens is 2. The fraction of sp³-hybridized carbons (Fsp3) is 0.200. The summed E-state index contributed by atoms with van der Waals surface area (Å²) in [6.07, 6.45) is 4.50. The molecule has 0 saturated heterocycles. The van der Waals surface area contributed by atoms with Crippen molar-refractivity contribution < 1.29 is 13.6 Å². The fourth-order valence-corrected chi connectivity index (χ4v) is 4.35. The smallest absolute Gasteiger partial charge is 0.270 e. The molecule has 9 heteroatoms. The molecule has 1 aromatic carbocycles. The Kier molecular flexibility index (Phi) is 4.31. The summed E-state index contributed by atoms with van der Waals surface area (Å²) in [7, 11) is 0. The van der Waals surface area contributed by atoms with Crippen molar-refractivity contribution in [2.75, 3.05) is 0 Å². The number of aromatic nitrogens is 4. The first-order valence-electron chi connectivity index (χ1n) is 9.09. The number of nitrogens with zero attached hydrogens (tertiary/aromatic N) is 4. The Balaban J connectivity index is 1.35. The summed E-state index contributed by atoms with van der Waals surface area (Å²) in [6.45, 7) is 0.523. The van der Waals surface area contributed by atoms with E-state index in [4.69, 9.17) is 0 Å². The van der Waals surface area contributed by atoms with Crippen molar-refractivity contribution >= 4 is 27.5 Å². The molecule has 1 aliphatic rings. The van der Waals surface area contributed by atoms with Gasteiger partial charge < -0.3 is 9.88 Å². The van der Waals surface area contributed by atoms with Crippen molar-refractivity contribution in [3.05, 3.63) is 65.3 Å². The molecule has 29 heavy (non-hydrogen) atoms. The van der Waals surface area contributed by atoms with Crippen LogP contribution in [-0.4, -0.2) is 31.5 Å². The van der Waals surface area contributed by atoms with E-state index in [0.29, 0.717) is 30.8 Å². The van der Waals surface area contributed by atoms with Crippen LogP contribution in [-0.2, 0) is 13.0 Å². The van der Waals surface area contributed by atoms with Gasteiger partial charge in [0.05, 0.1) is 5.69 Å². The van der Waals surface area contributed by atoms with Gasteiger partial charge >= 0.3 is 0 Å². The van der Waals surface area contributed by atoms with Crippen LogP contribution >= 0.6 is 11.3 Å². The van der Waals surface area contributed by atoms with Gasteiger partial charge in [-0.15, -0.1) is 11.3 Å². The summed E-state index contributed by atoms with van der Waals surface area (Å²) in [5.41, 5.74) is 1.08. The van der Waals surface area contributed by atoms with Crippen molar-refractivity contribution in [3.63, 3.8) is 0 Å². The summed E-state index contributed by atoms with van der Waals surface area (Å²) in [5.74, 6) is -0.693. The zero-order chi connectivity index (χ0) is 20.0. The number of imidazole rings is 1. The Morgan fingerprint density at radius 2 is 2.14 bits per heavy atom. The third-order valence-electron chi connectivity index (χ3n) is 5.01. The lowest BCUT2D eigenvalue weighted by atomic mass is 10.1. The highest BCUT2D eigenvalue weighted by molar-refractivity contribution is 7.16. The Hall–Kier alpha value is -3.20. The van der Waals surface area contributed by atoms with E-state index in [0.717, 1.165) is 22.1 Å². The lowest BCUT2D eigenvalue weighted by Crippen LogP contribution is -2.41. The number of hydrogen-bond acceptors (Lipinski definition) is 5. The number of carbonyl (C=O) groups excluding carboxylic acids is 1. The number of aryl methyl sites for hydroxylation is 1. The van der Waals surface area contributed by atoms with Gasteiger partial charge in [0.15, 0.2) is 0 Å². The Bertz CT molecular complexity index is 1230. The van der Waals surface area contributed by atoms with Crippen LogP contribution < -0.4 is 5.32 Å². The van der Waals surface area contributed by atoms with Gasteiger partial charge in [0.2, 0.25) is 0 Å². The van der Waals surface area contributed by atoms with Crippen molar-refractivity contribution in [1.82, 2.24) is 24.8 Å². The number of fused-ring (bicyclic) bond motifs is 2. The van der Waals surface area contributed by atoms with Gasteiger partial charge in [0, 0.05) is 42.2 Å². The second-order valence-electron chi connectivity index (χ2n) is 6.89. The summed E-state index contributed by atoms with van der Waals surface area (Å²) in [4.78, 5) is 26.3. The van der Waals surface area contributed by atoms with E-state index in [2.05, 4.69) is 20.3 Å². The minimum Gasteiger partial charge on any atom is -0.346 e. The molecule has 1 unspecified atom stereocenters. The molecule has 0 saturated carbocycles. The minimum atomic E-state index is -0.645. The Morgan fingerprint density at radius 1 is 1.24 bits per heavy atom. The number of carbonyl (C=O) groups is 1. The number of amides is 1. The van der Waals surface area contributed by atoms with Gasteiger partial charge in [-0.1, -0.05) is 0 Å². The zero-order valence-corrected chi connectivity index (χ0v) is 15.9. The van der Waals surface area contributed by atoms with Gasteiger partial charge in [-0.25, -0.2) is 23.7 Å². The number of rotatable bonds is 3. The normalized spacial score (nSPS) is 16.0. The van der Waals surface area contributed by atoms with Crippen LogP contribution in [0, 0.1) is 11.6 Å². The zero-order valence-electron chi connectivity index (χ0n) is 15.1. The van der Waals surface area contributed by atoms with E-state index in [1.165, 1.54) is 29.8 Å². The average molecular weight is 411 g/mol. The van der Waals surface area contributed by atoms with Crippen LogP contribution in [0.2, 0.25) is 0 Å². The molecule has 4 aromatic rings. The summed E-state index contributed by atoms with van der Waals surface area (Å²) in [6, 6.07) is 5.20. The summed E-state index contributed by atoms with van der Waals surface area (Å²) < 4.78 is 29.2. The first-order chi connectivity index (χ1) is 14.1. The lowest BCUT2D eigenvalue weighted by Gasteiger charge is -2.24. The molecule has 0 spiro atoms. The maximum Gasteiger partial charge on any atom is 0.270 e. The van der Waals surface area contributed by atoms with E-state index in [1.54, 1.807) is 6.20 Å². The number of thiophene rings is 1. The van der Waals surface area contributed by atoms with Crippen LogP contribution in [0.3, 0.4) is 0 Å². The Morgan fingerprint density at radius 3 is 3.00 bits per heavy atom. The third-order valence-corrected chi connectivity index (χ3v) is 5.83. The van der Waals surface area contributed by atoms with Gasteiger partial charge in [0.1, 0.15) is 34.3 Å². The highest BCUT2D eigenvalue weighted by atomic mass is 32.1. The monoisotopic (exact) mass is 411 g/mol. The van der Waals surface area contributed by atoms with Crippen molar-refractivity contribution in [2.45, 2.75) is 25.4 Å². The molecule has 6 nitrogen and oxygen atoms in total. The fourth-order valence-electron chi connectivity index (χ4n) is 3.61. The molecule has 0 bridgehead atoms. The highest BCUT2D eigenvalue weighted by Crippen LogP contribution is 2.26. The van der Waals surface area contributed by atoms with Crippen LogP contribution in [0.4, 0.5) is 8.78 Å². The molecular formula is C20H15F2N5OS. The van der Waals surface area contributed by atoms with E-state index in [1.807, 2.05) is 16.0 Å². The molecular weight excluding hydrogens is 396 g/mol. The lowest BCUT2D eigenvalue weighted by molar-refractivity contribution is 0.0924. The minimum absolute atomic E-state index is 0.0984. The van der Waals surface area contributed by atoms with Crippen molar-refractivity contribution in [3.8, 4) is 11.3 Å². The van der Waals surface area contributed by atoms with E-state index in [9.17, 15) is 13.6 Å². The standard InChI is InChI=1S/C20H15F2N5OS/c21-11-1-3-13(15(22)7-11)16-9-27-8-12(2-4-17(27)26-16)25-19(28)18-14-5-6-29-20(14)24-10-23-18/h1,3,5-7,9-10,12H,2,4,8H2,(H,25,28). The predicted octanol–water partition coefficient (Wildman–Crippen LogP) is 3.58. The molecule has 0 aliphatic carbocycles. The molecule has 1 aliphatic heterocycles. The molecule has 0 radical (unpaired) electrons. The average Bonchev–Trinajstić information content (AvgIpc) is 3.33. The molecule has 3 aromatic heterocycles. The molecule has 146 valence electrons. The van der Waals surface area contributed by atoms with Crippen molar-refractivity contribution in [1.29, 1.82) is 0 Å². The molecule has 5 rings (SSSR count). The van der Waals surface area contributed by atoms with Crippen molar-refractivity contribution in [2.24, 2.45) is 0 Å². The van der Waals surface area contributed by atoms with E-state index >= 15 is 0 Å². The first kappa shape index (κ1) is 17.9. The molecule has 4 heterocycles. The van der Waals surface area contributed by atoms with E-state index in [-0.39, 0.29) is 17.5 Å². The maximum atomic E-state index is 14.1. The van der Waals surface area contributed by atoms with Gasteiger partial charge in [0.25, 0.3) is 5.91 Å². The quantitative estimate of drug-likeness (QED) is 0.559. The Labute approximate surface area is 168 Å². The van der Waals surface area contributed by atoms with Gasteiger partial charge in [-0.05, 0) is 30.0 Å². The second-order valence-corrected chi connectivity index (χ2v) is 7.78. The first-order valence-corrected chi connectivity index (χ1v) is 9.97. The topological polar surface area (TPSA) is 72.7 Å². The van der Waals surface area contributed by atoms with Crippen LogP contribution in [0.15, 0.2) is 42.2 Å². The second kappa shape index (κ2) is 7.00. The number of benzene rings is 1. The molecule has 1 amide bonds. The molecule has 1 atom stereocenters. The SMILES string of the molecule is O=C(NC1CCc2nc(-c3ccc(F)cc3F)cn2C1)c1ncnc2sccc12. The summed E-state index contributed by atoms with van der Waals surface area (Å²) >= 11 is 1.46. The molecule has 1 N–H and O–H groups in total. The van der Waals surface area contributed by atoms with Crippen LogP contribution in [0.5, 0.6) is 0 Å². The third kappa shape index (κ3) is 3.27. The largest absolute Gasteiger partial charge is 0.346 e. The van der Waals surface area contributed by atoms with Gasteiger partial charge in [-0.2, -0.15) is 0 Å². The molecule has 0 fully saturated rings. The maximum absolute atomic E-state index is 14.1. The van der Waals surface area contributed by atoms with E-state index < -0.39 is 11.6 Å². The number of hydrogen-bond donors (Lipinski definition) is 1. The predicted molar refractivity (Wildman–Crippen MR) is 105 cm³/mol. The summed E-state index contributed by atoms with van der Waals surface area (Å²) in [5, 5.41) is 5.65. The van der Waals surface area contributed by atoms with Crippen LogP contribution in [0.1, 0.15) is 22.7 Å². The van der Waals surface area contributed by atoms with Crippen LogP contribution in [0.25, 0.3) is 21.5 Å². The van der Waals surface area contributed by atoms with Gasteiger partial charge in [-0.3, -0.25) is 4.79 Å².